The summed E-state index contributed by atoms with van der Waals surface area (Å²) in [5.41, 5.74) is -10.1. The number of halogens is 12. The SMILES string of the molecule is Nc1ccccc1Oc1ccccc1C(F)(C(F)(F)F)C(F)(F)c1ccccc1C(F)(F)C(F)(c1ccccc1Oc1ccccc1N)C(F)(F)F. The summed E-state index contributed by atoms with van der Waals surface area (Å²) in [7, 11) is 0. The lowest BCUT2D eigenvalue weighted by atomic mass is 9.77. The van der Waals surface area contributed by atoms with E-state index in [9.17, 15) is 26.3 Å². The molecule has 0 saturated carbocycles. The minimum absolute atomic E-state index is 0.161. The van der Waals surface area contributed by atoms with E-state index in [1.165, 1.54) is 36.4 Å². The molecule has 5 aromatic rings. The molecule has 0 radical (unpaired) electrons. The third kappa shape index (κ3) is 6.09. The van der Waals surface area contributed by atoms with Crippen LogP contribution in [-0.2, 0) is 23.2 Å². The number of ether oxygens (including phenoxy) is 2. The Bertz CT molecular complexity index is 1920. The summed E-state index contributed by atoms with van der Waals surface area (Å²) in [6, 6.07) is 15.5. The molecule has 274 valence electrons. The van der Waals surface area contributed by atoms with E-state index in [4.69, 9.17) is 20.9 Å². The standard InChI is InChI=1S/C36H24F12N2O2/c37-31(35(43,44)45,23-13-3-7-17-27(23)51-29-19-9-5-15-25(29)49)33(39,40)21-11-1-2-12-22(21)34(41,42)32(38,36(46,47)48)24-14-4-8-18-28(24)52-30-20-10-6-16-26(30)50/h1-20H,49-50H2. The van der Waals surface area contributed by atoms with Gasteiger partial charge in [0, 0.05) is 22.3 Å². The lowest BCUT2D eigenvalue weighted by molar-refractivity contribution is -0.323. The first-order valence-electron chi connectivity index (χ1n) is 14.8. The summed E-state index contributed by atoms with van der Waals surface area (Å²) >= 11 is 0. The van der Waals surface area contributed by atoms with Gasteiger partial charge in [-0.05, 0) is 36.4 Å². The van der Waals surface area contributed by atoms with Gasteiger partial charge in [0.25, 0.3) is 0 Å². The molecular formula is C36H24F12N2O2. The van der Waals surface area contributed by atoms with Gasteiger partial charge in [-0.15, -0.1) is 0 Å². The molecule has 0 amide bonds. The Morgan fingerprint density at radius 3 is 0.865 bits per heavy atom. The molecule has 2 atom stereocenters. The third-order valence-corrected chi connectivity index (χ3v) is 8.04. The van der Waals surface area contributed by atoms with E-state index in [0.717, 1.165) is 24.3 Å². The van der Waals surface area contributed by atoms with Gasteiger partial charge in [-0.2, -0.15) is 43.9 Å². The van der Waals surface area contributed by atoms with Crippen molar-refractivity contribution in [1.29, 1.82) is 0 Å². The fourth-order valence-electron chi connectivity index (χ4n) is 5.47. The molecule has 0 fully saturated rings. The number of nitrogen functional groups attached to an aromatic ring is 2. The zero-order chi connectivity index (χ0) is 38.3. The zero-order valence-electron chi connectivity index (χ0n) is 26.1. The van der Waals surface area contributed by atoms with Crippen LogP contribution in [0, 0.1) is 0 Å². The normalized spacial score (nSPS) is 15.0. The van der Waals surface area contributed by atoms with Crippen molar-refractivity contribution < 1.29 is 62.2 Å². The molecule has 16 heteroatoms. The molecule has 0 bridgehead atoms. The first kappa shape index (κ1) is 37.7. The predicted octanol–water partition coefficient (Wildman–Crippen LogP) is 11.5. The van der Waals surface area contributed by atoms with Gasteiger partial charge in [0.1, 0.15) is 23.0 Å². The predicted molar refractivity (Wildman–Crippen MR) is 167 cm³/mol. The van der Waals surface area contributed by atoms with Crippen LogP contribution < -0.4 is 20.9 Å². The molecule has 0 aliphatic rings. The number of benzene rings is 5. The molecule has 0 aromatic heterocycles. The third-order valence-electron chi connectivity index (χ3n) is 8.04. The van der Waals surface area contributed by atoms with Crippen molar-refractivity contribution in [1.82, 2.24) is 0 Å². The van der Waals surface area contributed by atoms with Gasteiger partial charge in [0.15, 0.2) is 0 Å². The Morgan fingerprint density at radius 1 is 0.327 bits per heavy atom. The van der Waals surface area contributed by atoms with E-state index in [2.05, 4.69) is 0 Å². The summed E-state index contributed by atoms with van der Waals surface area (Å²) < 4.78 is 199. The highest BCUT2D eigenvalue weighted by Crippen LogP contribution is 2.64. The van der Waals surface area contributed by atoms with Crippen LogP contribution in [0.25, 0.3) is 0 Å². The number of rotatable bonds is 10. The Morgan fingerprint density at radius 2 is 0.577 bits per heavy atom. The molecule has 0 heterocycles. The van der Waals surface area contributed by atoms with Crippen LogP contribution in [0.5, 0.6) is 23.0 Å². The average Bonchev–Trinajstić information content (AvgIpc) is 3.09. The quantitative estimate of drug-likeness (QED) is 0.110. The second-order valence-corrected chi connectivity index (χ2v) is 11.3. The van der Waals surface area contributed by atoms with Crippen LogP contribution in [0.2, 0.25) is 0 Å². The Balaban J connectivity index is 1.74. The fourth-order valence-corrected chi connectivity index (χ4v) is 5.47. The topological polar surface area (TPSA) is 70.5 Å². The highest BCUT2D eigenvalue weighted by molar-refractivity contribution is 5.57. The molecule has 0 saturated heterocycles. The maximum atomic E-state index is 16.7. The number of para-hydroxylation sites is 6. The maximum absolute atomic E-state index is 16.7. The first-order chi connectivity index (χ1) is 24.2. The summed E-state index contributed by atoms with van der Waals surface area (Å²) in [6.07, 6.45) is -13.3. The largest absolute Gasteiger partial charge is 0.455 e. The van der Waals surface area contributed by atoms with Crippen LogP contribution in [0.4, 0.5) is 64.1 Å². The van der Waals surface area contributed by atoms with Crippen molar-refractivity contribution in [3.63, 3.8) is 0 Å². The Hall–Kier alpha value is -5.54. The molecule has 52 heavy (non-hydrogen) atoms. The lowest BCUT2D eigenvalue weighted by Crippen LogP contribution is -2.54. The number of anilines is 2. The van der Waals surface area contributed by atoms with E-state index >= 15 is 26.3 Å². The molecule has 0 aliphatic carbocycles. The van der Waals surface area contributed by atoms with Crippen molar-refractivity contribution in [2.24, 2.45) is 0 Å². The molecular weight excluding hydrogens is 720 g/mol. The summed E-state index contributed by atoms with van der Waals surface area (Å²) in [5.74, 6) is -15.6. The second-order valence-electron chi connectivity index (χ2n) is 11.3. The van der Waals surface area contributed by atoms with Gasteiger partial charge in [0.2, 0.25) is 0 Å². The van der Waals surface area contributed by atoms with E-state index in [-0.39, 0.29) is 35.6 Å². The summed E-state index contributed by atoms with van der Waals surface area (Å²) in [4.78, 5) is 0. The van der Waals surface area contributed by atoms with Crippen molar-refractivity contribution in [3.8, 4) is 23.0 Å². The van der Waals surface area contributed by atoms with Gasteiger partial charge in [-0.25, -0.2) is 8.78 Å². The second kappa shape index (κ2) is 13.2. The number of alkyl halides is 12. The number of nitrogens with two attached hydrogens (primary N) is 2. The minimum atomic E-state index is -6.67. The summed E-state index contributed by atoms with van der Waals surface area (Å²) in [6.45, 7) is 0. The molecule has 4 N–H and O–H groups in total. The smallest absolute Gasteiger partial charge is 0.433 e. The highest BCUT2D eigenvalue weighted by atomic mass is 19.4. The molecule has 0 aliphatic heterocycles. The van der Waals surface area contributed by atoms with Gasteiger partial charge in [0.05, 0.1) is 11.4 Å². The van der Waals surface area contributed by atoms with Gasteiger partial charge in [-0.3, -0.25) is 0 Å². The minimum Gasteiger partial charge on any atom is -0.455 e. The highest BCUT2D eigenvalue weighted by Gasteiger charge is 2.78. The van der Waals surface area contributed by atoms with Crippen molar-refractivity contribution >= 4 is 11.4 Å². The van der Waals surface area contributed by atoms with Crippen LogP contribution in [0.1, 0.15) is 22.3 Å². The van der Waals surface area contributed by atoms with E-state index in [0.29, 0.717) is 36.4 Å². The van der Waals surface area contributed by atoms with Crippen LogP contribution in [0.15, 0.2) is 121 Å². The lowest BCUT2D eigenvalue weighted by Gasteiger charge is -2.40. The fraction of sp³-hybridized carbons (Fsp3) is 0.167. The van der Waals surface area contributed by atoms with Crippen molar-refractivity contribution in [3.05, 3.63) is 144 Å². The number of hydrogen-bond acceptors (Lipinski definition) is 4. The van der Waals surface area contributed by atoms with Gasteiger partial charge < -0.3 is 20.9 Å². The van der Waals surface area contributed by atoms with E-state index in [1.807, 2.05) is 0 Å². The monoisotopic (exact) mass is 744 g/mol. The van der Waals surface area contributed by atoms with Crippen LogP contribution >= 0.6 is 0 Å². The molecule has 4 nitrogen and oxygen atoms in total. The average molecular weight is 745 g/mol. The van der Waals surface area contributed by atoms with Crippen molar-refractivity contribution in [2.75, 3.05) is 11.5 Å². The van der Waals surface area contributed by atoms with Gasteiger partial charge in [-0.1, -0.05) is 84.9 Å². The van der Waals surface area contributed by atoms with E-state index < -0.39 is 80.8 Å². The van der Waals surface area contributed by atoms with Crippen LogP contribution in [-0.4, -0.2) is 12.4 Å². The Labute approximate surface area is 287 Å². The van der Waals surface area contributed by atoms with E-state index in [1.54, 1.807) is 0 Å². The van der Waals surface area contributed by atoms with Gasteiger partial charge >= 0.3 is 35.5 Å². The maximum Gasteiger partial charge on any atom is 0.433 e. The molecule has 2 unspecified atom stereocenters. The molecule has 5 aromatic carbocycles. The first-order valence-corrected chi connectivity index (χ1v) is 14.8. The Kier molecular flexibility index (Phi) is 9.58. The van der Waals surface area contributed by atoms with Crippen LogP contribution in [0.3, 0.4) is 0 Å². The number of hydrogen-bond donors (Lipinski definition) is 2. The molecule has 5 rings (SSSR count). The summed E-state index contributed by atoms with van der Waals surface area (Å²) in [5, 5.41) is 0. The molecule has 0 spiro atoms. The van der Waals surface area contributed by atoms with Crippen molar-refractivity contribution in [2.45, 2.75) is 35.5 Å². The zero-order valence-corrected chi connectivity index (χ0v) is 26.1.